The number of rotatable bonds is 10. The molecule has 0 heterocycles. The molecular formula is C29H39ClN2O4. The predicted molar refractivity (Wildman–Crippen MR) is 144 cm³/mol. The van der Waals surface area contributed by atoms with Gasteiger partial charge in [-0.3, -0.25) is 9.59 Å². The van der Waals surface area contributed by atoms with Gasteiger partial charge in [-0.25, -0.2) is 0 Å². The van der Waals surface area contributed by atoms with Gasteiger partial charge >= 0.3 is 0 Å². The third kappa shape index (κ3) is 7.39. The highest BCUT2D eigenvalue weighted by atomic mass is 35.5. The van der Waals surface area contributed by atoms with Crippen LogP contribution in [0.15, 0.2) is 42.5 Å². The molecule has 196 valence electrons. The summed E-state index contributed by atoms with van der Waals surface area (Å²) in [6.45, 7) is 8.41. The standard InChI is InChI=1S/C29H39ClN2O4/c1-19(2)36-25-15-12-23(16-26(25)35-5)28(29(34)31-24-13-8-21(4)9-14-24)32(27(33)17-30)18-22-10-6-20(3)7-11-22/h6-7,10-12,15-16,19,21,24,28H,8-9,13-14,17-18H2,1-5H3,(H,31,34). The van der Waals surface area contributed by atoms with Crippen molar-refractivity contribution in [3.63, 3.8) is 0 Å². The summed E-state index contributed by atoms with van der Waals surface area (Å²) < 4.78 is 11.5. The maximum Gasteiger partial charge on any atom is 0.247 e. The second-order valence-electron chi connectivity index (χ2n) is 10.1. The molecule has 1 N–H and O–H groups in total. The van der Waals surface area contributed by atoms with E-state index in [9.17, 15) is 9.59 Å². The van der Waals surface area contributed by atoms with Gasteiger partial charge in [0.1, 0.15) is 11.9 Å². The van der Waals surface area contributed by atoms with Gasteiger partial charge in [0.2, 0.25) is 11.8 Å². The number of benzene rings is 2. The second-order valence-corrected chi connectivity index (χ2v) is 10.4. The average Bonchev–Trinajstić information content (AvgIpc) is 2.86. The Morgan fingerprint density at radius 2 is 1.72 bits per heavy atom. The van der Waals surface area contributed by atoms with Crippen molar-refractivity contribution >= 4 is 23.4 Å². The Morgan fingerprint density at radius 1 is 1.06 bits per heavy atom. The van der Waals surface area contributed by atoms with Crippen LogP contribution in [0.4, 0.5) is 0 Å². The Hall–Kier alpha value is -2.73. The number of nitrogens with zero attached hydrogens (tertiary/aromatic N) is 1. The van der Waals surface area contributed by atoms with E-state index in [1.54, 1.807) is 24.1 Å². The van der Waals surface area contributed by atoms with E-state index in [2.05, 4.69) is 12.2 Å². The minimum Gasteiger partial charge on any atom is -0.493 e. The summed E-state index contributed by atoms with van der Waals surface area (Å²) in [4.78, 5) is 28.6. The first-order chi connectivity index (χ1) is 17.2. The highest BCUT2D eigenvalue weighted by Crippen LogP contribution is 2.34. The first kappa shape index (κ1) is 27.9. The van der Waals surface area contributed by atoms with Crippen LogP contribution < -0.4 is 14.8 Å². The summed E-state index contributed by atoms with van der Waals surface area (Å²) >= 11 is 6.06. The van der Waals surface area contributed by atoms with Crippen molar-refractivity contribution in [2.75, 3.05) is 13.0 Å². The van der Waals surface area contributed by atoms with E-state index < -0.39 is 6.04 Å². The Balaban J connectivity index is 2.00. The van der Waals surface area contributed by atoms with Gasteiger partial charge in [0.05, 0.1) is 13.2 Å². The van der Waals surface area contributed by atoms with Crippen LogP contribution in [0, 0.1) is 12.8 Å². The molecule has 2 aromatic carbocycles. The zero-order chi connectivity index (χ0) is 26.2. The van der Waals surface area contributed by atoms with E-state index >= 15 is 0 Å². The number of methoxy groups -OCH3 is 1. The molecule has 1 atom stereocenters. The van der Waals surface area contributed by atoms with E-state index in [0.29, 0.717) is 23.0 Å². The number of carbonyl (C=O) groups is 2. The van der Waals surface area contributed by atoms with Gasteiger partial charge in [0, 0.05) is 12.6 Å². The van der Waals surface area contributed by atoms with Gasteiger partial charge in [0.25, 0.3) is 0 Å². The molecule has 0 saturated heterocycles. The zero-order valence-corrected chi connectivity index (χ0v) is 22.8. The molecule has 1 fully saturated rings. The fourth-order valence-electron chi connectivity index (χ4n) is 4.65. The van der Waals surface area contributed by atoms with E-state index in [1.807, 2.05) is 51.1 Å². The van der Waals surface area contributed by atoms with Gasteiger partial charge in [-0.15, -0.1) is 11.6 Å². The average molecular weight is 515 g/mol. The van der Waals surface area contributed by atoms with Crippen molar-refractivity contribution in [1.82, 2.24) is 10.2 Å². The zero-order valence-electron chi connectivity index (χ0n) is 22.1. The molecule has 0 bridgehead atoms. The summed E-state index contributed by atoms with van der Waals surface area (Å²) in [7, 11) is 1.57. The van der Waals surface area contributed by atoms with Gasteiger partial charge in [-0.1, -0.05) is 42.8 Å². The minimum absolute atomic E-state index is 0.0339. The molecule has 36 heavy (non-hydrogen) atoms. The summed E-state index contributed by atoms with van der Waals surface area (Å²) in [5.41, 5.74) is 2.70. The van der Waals surface area contributed by atoms with Crippen LogP contribution >= 0.6 is 11.6 Å². The lowest BCUT2D eigenvalue weighted by Gasteiger charge is -2.34. The first-order valence-electron chi connectivity index (χ1n) is 12.8. The van der Waals surface area contributed by atoms with Crippen LogP contribution in [-0.4, -0.2) is 41.8 Å². The summed E-state index contributed by atoms with van der Waals surface area (Å²) in [5, 5.41) is 3.23. The molecule has 0 spiro atoms. The van der Waals surface area contributed by atoms with Gasteiger partial charge in [0.15, 0.2) is 11.5 Å². The fraction of sp³-hybridized carbons (Fsp3) is 0.517. The minimum atomic E-state index is -0.862. The third-order valence-corrected chi connectivity index (χ3v) is 6.93. The number of halogens is 1. The number of nitrogens with one attached hydrogen (secondary N) is 1. The second kappa shape index (κ2) is 13.0. The van der Waals surface area contributed by atoms with Crippen molar-refractivity contribution in [3.8, 4) is 11.5 Å². The maximum atomic E-state index is 13.8. The number of alkyl halides is 1. The van der Waals surface area contributed by atoms with Crippen LogP contribution in [0.1, 0.15) is 69.2 Å². The fourth-order valence-corrected chi connectivity index (χ4v) is 4.81. The molecule has 6 nitrogen and oxygen atoms in total. The molecule has 1 aliphatic carbocycles. The van der Waals surface area contributed by atoms with Crippen LogP contribution in [-0.2, 0) is 16.1 Å². The summed E-state index contributed by atoms with van der Waals surface area (Å²) in [6, 6.07) is 12.6. The molecule has 1 aliphatic rings. The highest BCUT2D eigenvalue weighted by molar-refractivity contribution is 6.27. The number of amides is 2. The SMILES string of the molecule is COc1cc(C(C(=O)NC2CCC(C)CC2)N(Cc2ccc(C)cc2)C(=O)CCl)ccc1OC(C)C. The van der Waals surface area contributed by atoms with Crippen molar-refractivity contribution in [2.45, 2.75) is 78.1 Å². The number of aryl methyl sites for hydroxylation is 1. The molecule has 7 heteroatoms. The molecule has 3 rings (SSSR count). The molecule has 2 amide bonds. The normalized spacial score (nSPS) is 18.4. The molecule has 1 unspecified atom stereocenters. The van der Waals surface area contributed by atoms with E-state index in [1.165, 1.54) is 0 Å². The predicted octanol–water partition coefficient (Wildman–Crippen LogP) is 5.79. The lowest BCUT2D eigenvalue weighted by Crippen LogP contribution is -2.47. The Kier molecular flexibility index (Phi) is 10.1. The van der Waals surface area contributed by atoms with Gasteiger partial charge in [-0.05, 0) is 75.6 Å². The summed E-state index contributed by atoms with van der Waals surface area (Å²) in [6.07, 6.45) is 4.00. The smallest absolute Gasteiger partial charge is 0.247 e. The molecule has 2 aromatic rings. The van der Waals surface area contributed by atoms with Gasteiger partial charge < -0.3 is 19.7 Å². The van der Waals surface area contributed by atoms with Crippen molar-refractivity contribution in [1.29, 1.82) is 0 Å². The molecule has 1 saturated carbocycles. The van der Waals surface area contributed by atoms with Crippen molar-refractivity contribution in [3.05, 3.63) is 59.2 Å². The lowest BCUT2D eigenvalue weighted by molar-refractivity contribution is -0.140. The lowest BCUT2D eigenvalue weighted by atomic mass is 9.87. The highest BCUT2D eigenvalue weighted by Gasteiger charge is 2.33. The first-order valence-corrected chi connectivity index (χ1v) is 13.3. The van der Waals surface area contributed by atoms with Crippen LogP contribution in [0.2, 0.25) is 0 Å². The Bertz CT molecular complexity index is 1020. The molecule has 0 radical (unpaired) electrons. The summed E-state index contributed by atoms with van der Waals surface area (Å²) in [5.74, 6) is 1.03. The monoisotopic (exact) mass is 514 g/mol. The van der Waals surface area contributed by atoms with Crippen molar-refractivity contribution in [2.24, 2.45) is 5.92 Å². The van der Waals surface area contributed by atoms with Crippen LogP contribution in [0.5, 0.6) is 11.5 Å². The maximum absolute atomic E-state index is 13.8. The van der Waals surface area contributed by atoms with Crippen LogP contribution in [0.3, 0.4) is 0 Å². The third-order valence-electron chi connectivity index (χ3n) is 6.70. The quantitative estimate of drug-likeness (QED) is 0.407. The topological polar surface area (TPSA) is 67.9 Å². The number of ether oxygens (including phenoxy) is 2. The van der Waals surface area contributed by atoms with E-state index in [4.69, 9.17) is 21.1 Å². The van der Waals surface area contributed by atoms with E-state index in [-0.39, 0.29) is 36.4 Å². The van der Waals surface area contributed by atoms with E-state index in [0.717, 1.165) is 36.8 Å². The number of carbonyl (C=O) groups excluding carboxylic acids is 2. The Morgan fingerprint density at radius 3 is 2.31 bits per heavy atom. The molecule has 0 aromatic heterocycles. The largest absolute Gasteiger partial charge is 0.493 e. The van der Waals surface area contributed by atoms with Gasteiger partial charge in [-0.2, -0.15) is 0 Å². The van der Waals surface area contributed by atoms with Crippen molar-refractivity contribution < 1.29 is 19.1 Å². The number of hydrogen-bond acceptors (Lipinski definition) is 4. The molecule has 0 aliphatic heterocycles. The van der Waals surface area contributed by atoms with Crippen LogP contribution in [0.25, 0.3) is 0 Å². The number of hydrogen-bond donors (Lipinski definition) is 1. The molecular weight excluding hydrogens is 476 g/mol. The Labute approximate surface area is 220 Å².